The fourth-order valence-corrected chi connectivity index (χ4v) is 5.14. The van der Waals surface area contributed by atoms with Crippen LogP contribution in [0.25, 0.3) is 0 Å². The lowest BCUT2D eigenvalue weighted by atomic mass is 10.1. The van der Waals surface area contributed by atoms with Crippen molar-refractivity contribution in [2.75, 3.05) is 21.7 Å². The van der Waals surface area contributed by atoms with E-state index in [1.165, 1.54) is 17.0 Å². The van der Waals surface area contributed by atoms with Crippen molar-refractivity contribution < 1.29 is 18.7 Å². The molecule has 5 rings (SSSR count). The van der Waals surface area contributed by atoms with Crippen LogP contribution in [0, 0.1) is 5.82 Å². The molecule has 1 aliphatic rings. The Balaban J connectivity index is 1.36. The first-order chi connectivity index (χ1) is 20.3. The zero-order valence-corrected chi connectivity index (χ0v) is 24.4. The van der Waals surface area contributed by atoms with E-state index in [9.17, 15) is 14.0 Å². The van der Waals surface area contributed by atoms with Crippen molar-refractivity contribution in [3.05, 3.63) is 102 Å². The van der Waals surface area contributed by atoms with Gasteiger partial charge in [0.05, 0.1) is 37.1 Å². The van der Waals surface area contributed by atoms with Crippen LogP contribution in [0.15, 0.2) is 85.2 Å². The van der Waals surface area contributed by atoms with Crippen molar-refractivity contribution in [3.8, 4) is 5.75 Å². The van der Waals surface area contributed by atoms with Gasteiger partial charge in [-0.2, -0.15) is 5.10 Å². The minimum atomic E-state index is -0.909. The number of hydrogen-bond acceptors (Lipinski definition) is 5. The van der Waals surface area contributed by atoms with E-state index in [1.807, 2.05) is 0 Å². The van der Waals surface area contributed by atoms with E-state index in [2.05, 4.69) is 17.3 Å². The molecule has 0 saturated carbocycles. The summed E-state index contributed by atoms with van der Waals surface area (Å²) in [6.07, 6.45) is 5.19. The van der Waals surface area contributed by atoms with E-state index in [4.69, 9.17) is 28.6 Å². The van der Waals surface area contributed by atoms with Gasteiger partial charge in [-0.1, -0.05) is 37.1 Å². The normalized spacial score (nSPS) is 14.9. The first-order valence-corrected chi connectivity index (χ1v) is 14.3. The second kappa shape index (κ2) is 13.1. The van der Waals surface area contributed by atoms with Gasteiger partial charge in [0.1, 0.15) is 17.6 Å². The van der Waals surface area contributed by atoms with Crippen LogP contribution in [0.4, 0.5) is 21.5 Å². The summed E-state index contributed by atoms with van der Waals surface area (Å²) in [5.74, 6) is -0.290. The number of ether oxygens (including phenoxy) is 1. The highest BCUT2D eigenvalue weighted by molar-refractivity contribution is 7.81. The Morgan fingerprint density at radius 2 is 1.76 bits per heavy atom. The highest BCUT2D eigenvalue weighted by Crippen LogP contribution is 2.32. The van der Waals surface area contributed by atoms with Crippen LogP contribution in [0.3, 0.4) is 0 Å². The van der Waals surface area contributed by atoms with Gasteiger partial charge in [-0.3, -0.25) is 19.2 Å². The number of halogens is 2. The molecule has 0 spiro atoms. The first kappa shape index (κ1) is 29.2. The smallest absolute Gasteiger partial charge is 0.257 e. The zero-order valence-electron chi connectivity index (χ0n) is 22.9. The summed E-state index contributed by atoms with van der Waals surface area (Å²) < 4.78 is 20.7. The molecule has 216 valence electrons. The van der Waals surface area contributed by atoms with Crippen molar-refractivity contribution in [1.29, 1.82) is 0 Å². The van der Waals surface area contributed by atoms with Gasteiger partial charge in [0.25, 0.3) is 5.91 Å². The molecule has 11 heteroatoms. The topological polar surface area (TPSA) is 79.7 Å². The summed E-state index contributed by atoms with van der Waals surface area (Å²) >= 11 is 11.9. The van der Waals surface area contributed by atoms with E-state index < -0.39 is 6.04 Å². The SMILES string of the molecule is CCCCOc1ccc(NC(=O)C[C@H]2C(=O)N(c3ccc(Cl)cc3)C(=S)N2c2cnn(Cc3ccc(F)cc3)c2)cc1. The van der Waals surface area contributed by atoms with Crippen LogP contribution in [0.1, 0.15) is 31.7 Å². The maximum absolute atomic E-state index is 13.8. The Hall–Kier alpha value is -4.28. The minimum absolute atomic E-state index is 0.152. The molecule has 1 aliphatic heterocycles. The number of rotatable bonds is 11. The number of unbranched alkanes of at least 4 members (excludes halogenated alkanes) is 1. The predicted molar refractivity (Wildman–Crippen MR) is 166 cm³/mol. The molecule has 0 bridgehead atoms. The molecule has 42 heavy (non-hydrogen) atoms. The quantitative estimate of drug-likeness (QED) is 0.157. The number of carbonyl (C=O) groups excluding carboxylic acids is 2. The third-order valence-electron chi connectivity index (χ3n) is 6.74. The van der Waals surface area contributed by atoms with Crippen LogP contribution < -0.4 is 19.9 Å². The van der Waals surface area contributed by atoms with Crippen LogP contribution in [-0.2, 0) is 16.1 Å². The van der Waals surface area contributed by atoms with Crippen molar-refractivity contribution in [1.82, 2.24) is 9.78 Å². The van der Waals surface area contributed by atoms with E-state index in [0.717, 1.165) is 24.2 Å². The maximum Gasteiger partial charge on any atom is 0.257 e. The molecular weight excluding hydrogens is 577 g/mol. The Labute approximate surface area is 253 Å². The number of hydrogen-bond donors (Lipinski definition) is 1. The van der Waals surface area contributed by atoms with Gasteiger partial charge in [0, 0.05) is 16.9 Å². The first-order valence-electron chi connectivity index (χ1n) is 13.5. The van der Waals surface area contributed by atoms with Gasteiger partial charge in [0.15, 0.2) is 5.11 Å². The average molecular weight is 606 g/mol. The average Bonchev–Trinajstić information content (AvgIpc) is 3.52. The number of anilines is 3. The molecule has 1 aromatic heterocycles. The highest BCUT2D eigenvalue weighted by atomic mass is 35.5. The number of aromatic nitrogens is 2. The molecule has 1 atom stereocenters. The van der Waals surface area contributed by atoms with Gasteiger partial charge < -0.3 is 15.0 Å². The number of carbonyl (C=O) groups is 2. The molecule has 3 aromatic carbocycles. The third kappa shape index (κ3) is 6.78. The largest absolute Gasteiger partial charge is 0.494 e. The summed E-state index contributed by atoms with van der Waals surface area (Å²) in [5.41, 5.74) is 2.54. The third-order valence-corrected chi connectivity index (χ3v) is 7.37. The number of nitrogens with one attached hydrogen (secondary N) is 1. The molecule has 1 saturated heterocycles. The fraction of sp³-hybridized carbons (Fsp3) is 0.226. The van der Waals surface area contributed by atoms with Gasteiger partial charge in [-0.15, -0.1) is 0 Å². The molecule has 1 N–H and O–H groups in total. The van der Waals surface area contributed by atoms with Crippen molar-refractivity contribution in [2.45, 2.75) is 38.8 Å². The Kier molecular flexibility index (Phi) is 9.14. The number of nitrogens with zero attached hydrogens (tertiary/aromatic N) is 4. The molecule has 0 unspecified atom stereocenters. The summed E-state index contributed by atoms with van der Waals surface area (Å²) in [5, 5.41) is 8.04. The highest BCUT2D eigenvalue weighted by Gasteiger charge is 2.45. The molecule has 2 heterocycles. The van der Waals surface area contributed by atoms with Crippen LogP contribution in [0.2, 0.25) is 5.02 Å². The molecular formula is C31H29ClFN5O3S. The maximum atomic E-state index is 13.8. The molecule has 0 radical (unpaired) electrons. The molecule has 1 fully saturated rings. The second-order valence-corrected chi connectivity index (χ2v) is 10.6. The van der Waals surface area contributed by atoms with Crippen molar-refractivity contribution in [2.24, 2.45) is 0 Å². The van der Waals surface area contributed by atoms with E-state index in [1.54, 1.807) is 82.6 Å². The van der Waals surface area contributed by atoms with Gasteiger partial charge in [-0.25, -0.2) is 4.39 Å². The molecule has 2 amide bonds. The monoisotopic (exact) mass is 605 g/mol. The molecule has 8 nitrogen and oxygen atoms in total. The van der Waals surface area contributed by atoms with E-state index in [0.29, 0.717) is 35.2 Å². The van der Waals surface area contributed by atoms with E-state index >= 15 is 0 Å². The Morgan fingerprint density at radius 1 is 1.05 bits per heavy atom. The van der Waals surface area contributed by atoms with Gasteiger partial charge in [-0.05, 0) is 84.9 Å². The Bertz CT molecular complexity index is 1560. The minimum Gasteiger partial charge on any atom is -0.494 e. The molecule has 0 aliphatic carbocycles. The van der Waals surface area contributed by atoms with Crippen molar-refractivity contribution in [3.63, 3.8) is 0 Å². The lowest BCUT2D eigenvalue weighted by Crippen LogP contribution is -2.37. The van der Waals surface area contributed by atoms with Gasteiger partial charge >= 0.3 is 0 Å². The number of benzene rings is 3. The lowest BCUT2D eigenvalue weighted by Gasteiger charge is -2.22. The van der Waals surface area contributed by atoms with E-state index in [-0.39, 0.29) is 29.2 Å². The predicted octanol–water partition coefficient (Wildman–Crippen LogP) is 6.44. The summed E-state index contributed by atoms with van der Waals surface area (Å²) in [7, 11) is 0. The van der Waals surface area contributed by atoms with Gasteiger partial charge in [0.2, 0.25) is 5.91 Å². The zero-order chi connectivity index (χ0) is 29.6. The lowest BCUT2D eigenvalue weighted by molar-refractivity contribution is -0.122. The number of thiocarbonyl (C=S) groups is 1. The van der Waals surface area contributed by atoms with Crippen LogP contribution in [-0.4, -0.2) is 39.4 Å². The van der Waals surface area contributed by atoms with Crippen LogP contribution >= 0.6 is 23.8 Å². The summed E-state index contributed by atoms with van der Waals surface area (Å²) in [6, 6.07) is 19.1. The second-order valence-electron chi connectivity index (χ2n) is 9.82. The molecule has 4 aromatic rings. The standard InChI is InChI=1S/C31H29ClFN5O3S/c1-2-3-16-41-27-14-10-24(11-15-27)35-29(39)17-28-30(40)38(25-12-6-22(32)7-13-25)31(42)37(28)26-18-34-36(20-26)19-21-4-8-23(33)9-5-21/h4-15,18,20,28H,2-3,16-17,19H2,1H3,(H,35,39)/t28-/m0/s1. The summed E-state index contributed by atoms with van der Waals surface area (Å²) in [6.45, 7) is 3.12. The van der Waals surface area contributed by atoms with Crippen LogP contribution in [0.5, 0.6) is 5.75 Å². The Morgan fingerprint density at radius 3 is 2.45 bits per heavy atom. The number of amides is 2. The summed E-state index contributed by atoms with van der Waals surface area (Å²) in [4.78, 5) is 30.0. The fourth-order valence-electron chi connectivity index (χ4n) is 4.59. The van der Waals surface area contributed by atoms with Crippen molar-refractivity contribution >= 4 is 57.8 Å².